The van der Waals surface area contributed by atoms with Gasteiger partial charge in [0.05, 0.1) is 19.8 Å². The number of ether oxygens (including phenoxy) is 2. The van der Waals surface area contributed by atoms with E-state index < -0.39 is 29.5 Å². The first-order valence-corrected chi connectivity index (χ1v) is 13.7. The highest BCUT2D eigenvalue weighted by Crippen LogP contribution is 2.33. The Morgan fingerprint density at radius 1 is 0.744 bits per heavy atom. The third kappa shape index (κ3) is 7.74. The molecule has 0 spiro atoms. The van der Waals surface area contributed by atoms with Crippen LogP contribution >= 0.6 is 0 Å². The van der Waals surface area contributed by atoms with Gasteiger partial charge in [0, 0.05) is 31.9 Å². The Morgan fingerprint density at radius 2 is 1.35 bits per heavy atom. The molecule has 6 nitrogen and oxygen atoms in total. The van der Waals surface area contributed by atoms with Crippen molar-refractivity contribution in [1.82, 2.24) is 4.90 Å². The molecule has 1 unspecified atom stereocenters. The van der Waals surface area contributed by atoms with Crippen molar-refractivity contribution >= 4 is 17.5 Å². The zero-order valence-electron chi connectivity index (χ0n) is 24.2. The van der Waals surface area contributed by atoms with Crippen LogP contribution in [0, 0.1) is 0 Å². The summed E-state index contributed by atoms with van der Waals surface area (Å²) in [5, 5.41) is 0. The Labute approximate surface area is 249 Å². The van der Waals surface area contributed by atoms with Gasteiger partial charge < -0.3 is 19.3 Å². The molecule has 9 heteroatoms. The second-order valence-electron chi connectivity index (χ2n) is 9.97. The number of carbonyl (C=O) groups is 2. The molecule has 0 N–H and O–H groups in total. The summed E-state index contributed by atoms with van der Waals surface area (Å²) < 4.78 is 49.9. The lowest BCUT2D eigenvalue weighted by Crippen LogP contribution is -2.43. The fourth-order valence-electron chi connectivity index (χ4n) is 4.77. The second kappa shape index (κ2) is 13.9. The summed E-state index contributed by atoms with van der Waals surface area (Å²) in [5.74, 6) is -1.10. The fourth-order valence-corrected chi connectivity index (χ4v) is 4.77. The van der Waals surface area contributed by atoms with E-state index in [0.717, 1.165) is 17.7 Å². The smallest absolute Gasteiger partial charge is 0.416 e. The van der Waals surface area contributed by atoms with Crippen molar-refractivity contribution < 1.29 is 32.2 Å². The van der Waals surface area contributed by atoms with Gasteiger partial charge in [0.15, 0.2) is 11.5 Å². The maximum atomic E-state index is 14.3. The molecule has 0 radical (unpaired) electrons. The van der Waals surface area contributed by atoms with E-state index in [2.05, 4.69) is 0 Å². The van der Waals surface area contributed by atoms with Crippen LogP contribution in [0.5, 0.6) is 11.5 Å². The lowest BCUT2D eigenvalue weighted by molar-refractivity contribution is -0.138. The number of methoxy groups -OCH3 is 2. The van der Waals surface area contributed by atoms with E-state index in [0.29, 0.717) is 34.7 Å². The zero-order chi connectivity index (χ0) is 31.0. The minimum Gasteiger partial charge on any atom is -0.493 e. The van der Waals surface area contributed by atoms with Crippen LogP contribution in [-0.2, 0) is 28.7 Å². The van der Waals surface area contributed by atoms with Crippen LogP contribution in [-0.4, -0.2) is 44.5 Å². The molecule has 43 heavy (non-hydrogen) atoms. The Bertz CT molecular complexity index is 1510. The van der Waals surface area contributed by atoms with Gasteiger partial charge >= 0.3 is 6.18 Å². The van der Waals surface area contributed by atoms with E-state index in [1.807, 2.05) is 30.3 Å². The van der Waals surface area contributed by atoms with Gasteiger partial charge in [0.25, 0.3) is 0 Å². The summed E-state index contributed by atoms with van der Waals surface area (Å²) >= 11 is 0. The van der Waals surface area contributed by atoms with Crippen molar-refractivity contribution in [3.63, 3.8) is 0 Å². The number of likely N-dealkylation sites (N-methyl/N-ethyl adjacent to an activating group) is 1. The van der Waals surface area contributed by atoms with Crippen molar-refractivity contribution in [2.45, 2.75) is 25.1 Å². The normalized spacial score (nSPS) is 11.9. The van der Waals surface area contributed by atoms with E-state index in [1.165, 1.54) is 31.3 Å². The minimum atomic E-state index is -4.43. The lowest BCUT2D eigenvalue weighted by atomic mass is 9.95. The van der Waals surface area contributed by atoms with Crippen molar-refractivity contribution in [2.75, 3.05) is 32.7 Å². The van der Waals surface area contributed by atoms with Crippen LogP contribution in [0.15, 0.2) is 103 Å². The number of rotatable bonds is 11. The van der Waals surface area contributed by atoms with Gasteiger partial charge in [-0.1, -0.05) is 72.8 Å². The number of alkyl halides is 3. The zero-order valence-corrected chi connectivity index (χ0v) is 24.2. The first-order valence-electron chi connectivity index (χ1n) is 13.7. The Balaban J connectivity index is 1.66. The number of hydrogen-bond donors (Lipinski definition) is 0. The second-order valence-corrected chi connectivity index (χ2v) is 9.97. The van der Waals surface area contributed by atoms with Gasteiger partial charge in [-0.05, 0) is 47.4 Å². The van der Waals surface area contributed by atoms with Gasteiger partial charge in [-0.15, -0.1) is 0 Å². The molecule has 0 heterocycles. The summed E-state index contributed by atoms with van der Waals surface area (Å²) in [6.45, 7) is 0.409. The van der Waals surface area contributed by atoms with Crippen molar-refractivity contribution in [2.24, 2.45) is 0 Å². The molecule has 0 aromatic heterocycles. The molecule has 4 rings (SSSR count). The van der Waals surface area contributed by atoms with Crippen molar-refractivity contribution in [3.8, 4) is 11.5 Å². The monoisotopic (exact) mass is 590 g/mol. The number of benzene rings is 4. The molecule has 0 aliphatic heterocycles. The lowest BCUT2D eigenvalue weighted by Gasteiger charge is -2.30. The first-order chi connectivity index (χ1) is 20.6. The maximum absolute atomic E-state index is 14.3. The highest BCUT2D eigenvalue weighted by molar-refractivity contribution is 6.12. The molecule has 0 bridgehead atoms. The van der Waals surface area contributed by atoms with Crippen molar-refractivity contribution in [1.29, 1.82) is 0 Å². The van der Waals surface area contributed by atoms with Crippen LogP contribution in [0.25, 0.3) is 0 Å². The first kappa shape index (κ1) is 31.2. The highest BCUT2D eigenvalue weighted by atomic mass is 19.4. The van der Waals surface area contributed by atoms with E-state index in [-0.39, 0.29) is 13.1 Å². The molecule has 4 aromatic carbocycles. The minimum absolute atomic E-state index is 0.190. The van der Waals surface area contributed by atoms with E-state index in [9.17, 15) is 22.8 Å². The molecule has 2 amide bonds. The van der Waals surface area contributed by atoms with Gasteiger partial charge in [-0.25, -0.2) is 0 Å². The SMILES string of the molecule is COc1ccc(N(C)C(=O)C(C(=O)N(CCc2ccc(C(F)(F)F)cc2)Cc2ccccc2)c2ccccc2)cc1OC. The molecular weight excluding hydrogens is 557 g/mol. The van der Waals surface area contributed by atoms with E-state index >= 15 is 0 Å². The Kier molecular flexibility index (Phi) is 10.1. The van der Waals surface area contributed by atoms with Gasteiger partial charge in [-0.2, -0.15) is 13.2 Å². The number of halogens is 3. The molecule has 0 aliphatic rings. The molecule has 0 fully saturated rings. The largest absolute Gasteiger partial charge is 0.493 e. The van der Waals surface area contributed by atoms with Crippen LogP contribution in [0.1, 0.15) is 28.2 Å². The third-order valence-electron chi connectivity index (χ3n) is 7.19. The molecule has 0 aliphatic carbocycles. The van der Waals surface area contributed by atoms with E-state index in [1.54, 1.807) is 60.5 Å². The Morgan fingerprint density at radius 3 is 1.93 bits per heavy atom. The Hall–Kier alpha value is -4.79. The van der Waals surface area contributed by atoms with Crippen LogP contribution < -0.4 is 14.4 Å². The molecule has 0 saturated carbocycles. The molecule has 224 valence electrons. The van der Waals surface area contributed by atoms with Crippen LogP contribution in [0.4, 0.5) is 18.9 Å². The highest BCUT2D eigenvalue weighted by Gasteiger charge is 2.35. The fraction of sp³-hybridized carbons (Fsp3) is 0.235. The standard InChI is InChI=1S/C34H33F3N2O4/c1-38(28-18-19-29(42-2)30(22-28)43-3)32(40)31(26-12-8-5-9-13-26)33(41)39(23-25-10-6-4-7-11-25)21-20-24-14-16-27(17-15-24)34(35,36)37/h4-19,22,31H,20-21,23H2,1-3H3. The van der Waals surface area contributed by atoms with Gasteiger partial charge in [0.2, 0.25) is 11.8 Å². The number of anilines is 1. The predicted octanol–water partition coefficient (Wildman–Crippen LogP) is 6.74. The molecule has 1 atom stereocenters. The molecule has 4 aromatic rings. The van der Waals surface area contributed by atoms with Gasteiger partial charge in [0.1, 0.15) is 5.92 Å². The molecular formula is C34H33F3N2O4. The van der Waals surface area contributed by atoms with E-state index in [4.69, 9.17) is 9.47 Å². The topological polar surface area (TPSA) is 59.1 Å². The number of amides is 2. The van der Waals surface area contributed by atoms with Gasteiger partial charge in [-0.3, -0.25) is 9.59 Å². The third-order valence-corrected chi connectivity index (χ3v) is 7.19. The maximum Gasteiger partial charge on any atom is 0.416 e. The van der Waals surface area contributed by atoms with Crippen molar-refractivity contribution in [3.05, 3.63) is 125 Å². The summed E-state index contributed by atoms with van der Waals surface area (Å²) in [5.41, 5.74) is 1.80. The average molecular weight is 591 g/mol. The predicted molar refractivity (Wildman–Crippen MR) is 159 cm³/mol. The summed E-state index contributed by atoms with van der Waals surface area (Å²) in [6, 6.07) is 28.1. The van der Waals surface area contributed by atoms with Crippen LogP contribution in [0.2, 0.25) is 0 Å². The molecule has 0 saturated heterocycles. The summed E-state index contributed by atoms with van der Waals surface area (Å²) in [7, 11) is 4.61. The summed E-state index contributed by atoms with van der Waals surface area (Å²) in [6.07, 6.45) is -4.13. The number of carbonyl (C=O) groups excluding carboxylic acids is 2. The number of nitrogens with zero attached hydrogens (tertiary/aromatic N) is 2. The van der Waals surface area contributed by atoms with Crippen LogP contribution in [0.3, 0.4) is 0 Å². The average Bonchev–Trinajstić information content (AvgIpc) is 3.03. The quantitative estimate of drug-likeness (QED) is 0.182. The summed E-state index contributed by atoms with van der Waals surface area (Å²) in [4.78, 5) is 31.4. The number of hydrogen-bond acceptors (Lipinski definition) is 4.